The molecule has 0 spiro atoms. The molecular formula is C17H36IN3O4. The van der Waals surface area contributed by atoms with Crippen molar-refractivity contribution in [2.45, 2.75) is 39.2 Å². The zero-order valence-corrected chi connectivity index (χ0v) is 18.3. The van der Waals surface area contributed by atoms with Crippen molar-refractivity contribution in [1.29, 1.82) is 0 Å². The molecule has 1 fully saturated rings. The van der Waals surface area contributed by atoms with Gasteiger partial charge in [-0.2, -0.15) is 0 Å². The fraction of sp³-hybridized carbons (Fsp3) is 0.941. The fourth-order valence-corrected chi connectivity index (χ4v) is 2.69. The zero-order chi connectivity index (χ0) is 18.0. The SMILES string of the molecule is CC(C)(C)OC(=O)N1CCN(CCCO)CCN(CCCO)CC1.I. The van der Waals surface area contributed by atoms with Gasteiger partial charge in [-0.25, -0.2) is 4.79 Å². The van der Waals surface area contributed by atoms with Gasteiger partial charge in [0.2, 0.25) is 0 Å². The predicted octanol–water partition coefficient (Wildman–Crippen LogP) is 1.22. The molecule has 1 saturated heterocycles. The molecule has 7 nitrogen and oxygen atoms in total. The molecule has 1 heterocycles. The summed E-state index contributed by atoms with van der Waals surface area (Å²) in [5, 5.41) is 18.1. The van der Waals surface area contributed by atoms with Crippen molar-refractivity contribution >= 4 is 30.1 Å². The maximum atomic E-state index is 12.4. The van der Waals surface area contributed by atoms with E-state index in [1.165, 1.54) is 0 Å². The molecule has 1 amide bonds. The van der Waals surface area contributed by atoms with E-state index in [1.807, 2.05) is 20.8 Å². The van der Waals surface area contributed by atoms with E-state index in [9.17, 15) is 4.79 Å². The first-order valence-electron chi connectivity index (χ1n) is 9.00. The van der Waals surface area contributed by atoms with Crippen molar-refractivity contribution in [2.75, 3.05) is 65.6 Å². The highest BCUT2D eigenvalue weighted by Crippen LogP contribution is 2.11. The van der Waals surface area contributed by atoms with Crippen molar-refractivity contribution in [3.8, 4) is 0 Å². The number of halogens is 1. The molecule has 0 atom stereocenters. The van der Waals surface area contributed by atoms with E-state index in [4.69, 9.17) is 14.9 Å². The minimum absolute atomic E-state index is 0. The van der Waals surface area contributed by atoms with Gasteiger partial charge < -0.3 is 29.6 Å². The van der Waals surface area contributed by atoms with E-state index < -0.39 is 5.60 Å². The van der Waals surface area contributed by atoms with E-state index in [0.29, 0.717) is 13.1 Å². The molecule has 25 heavy (non-hydrogen) atoms. The first-order chi connectivity index (χ1) is 11.4. The van der Waals surface area contributed by atoms with Crippen LogP contribution in [-0.2, 0) is 4.74 Å². The molecule has 0 aliphatic carbocycles. The largest absolute Gasteiger partial charge is 0.444 e. The van der Waals surface area contributed by atoms with E-state index in [2.05, 4.69) is 9.80 Å². The first-order valence-corrected chi connectivity index (χ1v) is 9.00. The molecule has 1 rings (SSSR count). The Hall–Kier alpha value is -0.160. The summed E-state index contributed by atoms with van der Waals surface area (Å²) in [4.78, 5) is 18.8. The van der Waals surface area contributed by atoms with Crippen LogP contribution in [0.15, 0.2) is 0 Å². The van der Waals surface area contributed by atoms with Gasteiger partial charge in [-0.15, -0.1) is 24.0 Å². The molecule has 1 aliphatic rings. The van der Waals surface area contributed by atoms with Crippen molar-refractivity contribution in [2.24, 2.45) is 0 Å². The number of nitrogens with zero attached hydrogens (tertiary/aromatic N) is 3. The van der Waals surface area contributed by atoms with Gasteiger partial charge >= 0.3 is 6.09 Å². The van der Waals surface area contributed by atoms with Gasteiger partial charge in [0, 0.05) is 65.6 Å². The number of rotatable bonds is 6. The normalized spacial score (nSPS) is 18.0. The first kappa shape index (κ1) is 24.8. The van der Waals surface area contributed by atoms with Gasteiger partial charge in [0.05, 0.1) is 0 Å². The Morgan fingerprint density at radius 2 is 1.28 bits per heavy atom. The molecule has 0 aromatic carbocycles. The zero-order valence-electron chi connectivity index (χ0n) is 15.9. The topological polar surface area (TPSA) is 76.5 Å². The molecule has 2 N–H and O–H groups in total. The third-order valence-electron chi connectivity index (χ3n) is 4.02. The molecular weight excluding hydrogens is 437 g/mol. The Kier molecular flexibility index (Phi) is 13.0. The molecule has 0 aromatic rings. The summed E-state index contributed by atoms with van der Waals surface area (Å²) in [6, 6.07) is 0. The molecule has 0 bridgehead atoms. The molecule has 1 aliphatic heterocycles. The van der Waals surface area contributed by atoms with Crippen LogP contribution in [0.4, 0.5) is 4.79 Å². The highest BCUT2D eigenvalue weighted by atomic mass is 127. The van der Waals surface area contributed by atoms with Gasteiger partial charge in [0.1, 0.15) is 5.60 Å². The van der Waals surface area contributed by atoms with Crippen LogP contribution in [0.25, 0.3) is 0 Å². The molecule has 0 unspecified atom stereocenters. The van der Waals surface area contributed by atoms with Crippen LogP contribution in [0.5, 0.6) is 0 Å². The van der Waals surface area contributed by atoms with Crippen molar-refractivity contribution < 1.29 is 19.7 Å². The second-order valence-corrected chi connectivity index (χ2v) is 7.30. The summed E-state index contributed by atoms with van der Waals surface area (Å²) in [7, 11) is 0. The van der Waals surface area contributed by atoms with Crippen LogP contribution in [0.2, 0.25) is 0 Å². The Morgan fingerprint density at radius 1 is 0.880 bits per heavy atom. The minimum atomic E-state index is -0.497. The quantitative estimate of drug-likeness (QED) is 0.566. The predicted molar refractivity (Wildman–Crippen MR) is 110 cm³/mol. The van der Waals surface area contributed by atoms with Crippen molar-refractivity contribution in [3.63, 3.8) is 0 Å². The van der Waals surface area contributed by atoms with Gasteiger partial charge in [0.15, 0.2) is 0 Å². The highest BCUT2D eigenvalue weighted by Gasteiger charge is 2.24. The third-order valence-corrected chi connectivity index (χ3v) is 4.02. The Balaban J connectivity index is 0.00000576. The minimum Gasteiger partial charge on any atom is -0.444 e. The number of ether oxygens (including phenoxy) is 1. The summed E-state index contributed by atoms with van der Waals surface area (Å²) in [6.07, 6.45) is 1.21. The fourth-order valence-electron chi connectivity index (χ4n) is 2.69. The molecule has 0 radical (unpaired) electrons. The number of aliphatic hydroxyl groups is 2. The lowest BCUT2D eigenvalue weighted by atomic mass is 10.2. The van der Waals surface area contributed by atoms with Gasteiger partial charge in [-0.1, -0.05) is 0 Å². The smallest absolute Gasteiger partial charge is 0.410 e. The second kappa shape index (κ2) is 13.1. The van der Waals surface area contributed by atoms with Gasteiger partial charge in [0.25, 0.3) is 0 Å². The molecule has 0 aromatic heterocycles. The number of aliphatic hydroxyl groups excluding tert-OH is 2. The third kappa shape index (κ3) is 11.2. The average molecular weight is 473 g/mol. The maximum absolute atomic E-state index is 12.4. The number of hydrogen-bond donors (Lipinski definition) is 2. The van der Waals surface area contributed by atoms with E-state index in [1.54, 1.807) is 4.90 Å². The average Bonchev–Trinajstić information content (AvgIpc) is 2.60. The molecule has 8 heteroatoms. The van der Waals surface area contributed by atoms with Crippen LogP contribution >= 0.6 is 24.0 Å². The Bertz CT molecular complexity index is 346. The van der Waals surface area contributed by atoms with E-state index in [-0.39, 0.29) is 43.3 Å². The second-order valence-electron chi connectivity index (χ2n) is 7.30. The number of carbonyl (C=O) groups is 1. The van der Waals surface area contributed by atoms with Crippen LogP contribution in [0.3, 0.4) is 0 Å². The summed E-state index contributed by atoms with van der Waals surface area (Å²) in [5.74, 6) is 0. The van der Waals surface area contributed by atoms with E-state index >= 15 is 0 Å². The van der Waals surface area contributed by atoms with Gasteiger partial charge in [-0.05, 0) is 33.6 Å². The lowest BCUT2D eigenvalue weighted by molar-refractivity contribution is 0.0230. The maximum Gasteiger partial charge on any atom is 0.410 e. The Labute approximate surface area is 169 Å². The molecule has 0 saturated carbocycles. The van der Waals surface area contributed by atoms with Crippen molar-refractivity contribution in [3.05, 3.63) is 0 Å². The number of hydrogen-bond acceptors (Lipinski definition) is 6. The molecule has 150 valence electrons. The van der Waals surface area contributed by atoms with Crippen LogP contribution in [-0.4, -0.2) is 102 Å². The van der Waals surface area contributed by atoms with Crippen LogP contribution in [0, 0.1) is 0 Å². The van der Waals surface area contributed by atoms with E-state index in [0.717, 1.165) is 52.1 Å². The summed E-state index contributed by atoms with van der Waals surface area (Å²) in [6.45, 7) is 12.3. The number of carbonyl (C=O) groups excluding carboxylic acids is 1. The summed E-state index contributed by atoms with van der Waals surface area (Å²) in [5.41, 5.74) is -0.497. The lowest BCUT2D eigenvalue weighted by Crippen LogP contribution is -2.43. The van der Waals surface area contributed by atoms with Crippen LogP contribution < -0.4 is 0 Å². The van der Waals surface area contributed by atoms with Crippen molar-refractivity contribution in [1.82, 2.24) is 14.7 Å². The number of amides is 1. The highest BCUT2D eigenvalue weighted by molar-refractivity contribution is 14.0. The summed E-state index contributed by atoms with van der Waals surface area (Å²) < 4.78 is 5.52. The lowest BCUT2D eigenvalue weighted by Gasteiger charge is -2.29. The Morgan fingerprint density at radius 3 is 1.64 bits per heavy atom. The van der Waals surface area contributed by atoms with Crippen LogP contribution in [0.1, 0.15) is 33.6 Å². The standard InChI is InChI=1S/C17H35N3O4.HI/c1-17(2,3)24-16(23)20-12-10-18(6-4-14-21)8-9-19(11-13-20)7-5-15-22;/h21-22H,4-15H2,1-3H3;1H. The summed E-state index contributed by atoms with van der Waals surface area (Å²) >= 11 is 0. The van der Waals surface area contributed by atoms with Gasteiger partial charge in [-0.3, -0.25) is 0 Å². The monoisotopic (exact) mass is 473 g/mol.